The Morgan fingerprint density at radius 3 is 2.81 bits per heavy atom. The molecule has 5 heteroatoms. The van der Waals surface area contributed by atoms with Crippen LogP contribution in [0.15, 0.2) is 6.07 Å². The van der Waals surface area contributed by atoms with Crippen molar-refractivity contribution in [2.24, 2.45) is 11.8 Å². The number of aryl methyl sites for hydroxylation is 1. The Kier molecular flexibility index (Phi) is 3.78. The van der Waals surface area contributed by atoms with Crippen LogP contribution >= 0.6 is 11.3 Å². The summed E-state index contributed by atoms with van der Waals surface area (Å²) in [5, 5.41) is 1.17. The zero-order chi connectivity index (χ0) is 15.1. The minimum absolute atomic E-state index is 0.389. The number of hydrogen-bond acceptors (Lipinski definition) is 5. The monoisotopic (exact) mass is 304 g/mol. The highest BCUT2D eigenvalue weighted by atomic mass is 32.1. The predicted octanol–water partition coefficient (Wildman–Crippen LogP) is 3.71. The topological polar surface area (TPSA) is 55.0 Å². The lowest BCUT2D eigenvalue weighted by atomic mass is 9.86. The maximum atomic E-state index is 5.95. The molecule has 3 unspecified atom stereocenters. The van der Waals surface area contributed by atoms with Crippen LogP contribution in [-0.4, -0.2) is 22.6 Å². The van der Waals surface area contributed by atoms with Crippen molar-refractivity contribution in [1.29, 1.82) is 0 Å². The van der Waals surface area contributed by atoms with Crippen molar-refractivity contribution in [2.75, 3.05) is 17.2 Å². The van der Waals surface area contributed by atoms with Gasteiger partial charge in [-0.05, 0) is 37.7 Å². The molecule has 0 saturated carbocycles. The molecule has 1 aliphatic heterocycles. The number of piperidine rings is 1. The van der Waals surface area contributed by atoms with Crippen molar-refractivity contribution in [2.45, 2.75) is 46.6 Å². The molecule has 1 saturated heterocycles. The van der Waals surface area contributed by atoms with Crippen LogP contribution in [0.4, 0.5) is 11.8 Å². The summed E-state index contributed by atoms with van der Waals surface area (Å²) in [6.45, 7) is 10.2. The Morgan fingerprint density at radius 2 is 2.10 bits per heavy atom. The van der Waals surface area contributed by atoms with Gasteiger partial charge in [0.2, 0.25) is 5.95 Å². The first-order valence-corrected chi connectivity index (χ1v) is 8.63. The Balaban J connectivity index is 2.11. The Bertz CT molecular complexity index is 651. The number of anilines is 2. The van der Waals surface area contributed by atoms with E-state index in [1.807, 2.05) is 0 Å². The highest BCUT2D eigenvalue weighted by molar-refractivity contribution is 7.18. The minimum atomic E-state index is 0.389. The average Bonchev–Trinajstić information content (AvgIpc) is 2.84. The van der Waals surface area contributed by atoms with Gasteiger partial charge in [-0.15, -0.1) is 11.3 Å². The van der Waals surface area contributed by atoms with Gasteiger partial charge >= 0.3 is 0 Å². The van der Waals surface area contributed by atoms with E-state index in [0.29, 0.717) is 23.8 Å². The van der Waals surface area contributed by atoms with Crippen LogP contribution in [0.5, 0.6) is 0 Å². The van der Waals surface area contributed by atoms with E-state index in [1.54, 1.807) is 11.3 Å². The van der Waals surface area contributed by atoms with Gasteiger partial charge in [0.1, 0.15) is 10.6 Å². The molecule has 1 aliphatic rings. The molecule has 4 nitrogen and oxygen atoms in total. The third kappa shape index (κ3) is 2.59. The van der Waals surface area contributed by atoms with E-state index in [4.69, 9.17) is 5.73 Å². The quantitative estimate of drug-likeness (QED) is 0.919. The van der Waals surface area contributed by atoms with Gasteiger partial charge in [-0.2, -0.15) is 4.98 Å². The number of hydrogen-bond donors (Lipinski definition) is 1. The van der Waals surface area contributed by atoms with E-state index >= 15 is 0 Å². The second kappa shape index (κ2) is 5.44. The molecule has 0 spiro atoms. The molecule has 0 aromatic carbocycles. The number of nitrogens with zero attached hydrogens (tertiary/aromatic N) is 3. The van der Waals surface area contributed by atoms with Gasteiger partial charge in [0.25, 0.3) is 0 Å². The molecule has 0 bridgehead atoms. The summed E-state index contributed by atoms with van der Waals surface area (Å²) < 4.78 is 0. The first kappa shape index (κ1) is 14.6. The summed E-state index contributed by atoms with van der Waals surface area (Å²) in [5.41, 5.74) is 5.95. The summed E-state index contributed by atoms with van der Waals surface area (Å²) in [5.74, 6) is 2.77. The number of rotatable bonds is 2. The van der Waals surface area contributed by atoms with Crippen LogP contribution in [0.3, 0.4) is 0 Å². The Morgan fingerprint density at radius 1 is 1.33 bits per heavy atom. The first-order chi connectivity index (χ1) is 9.99. The van der Waals surface area contributed by atoms with Crippen LogP contribution in [0.1, 0.15) is 39.0 Å². The van der Waals surface area contributed by atoms with Crippen molar-refractivity contribution in [3.05, 3.63) is 10.9 Å². The largest absolute Gasteiger partial charge is 0.368 e. The van der Waals surface area contributed by atoms with Crippen LogP contribution in [0.2, 0.25) is 0 Å². The number of fused-ring (bicyclic) bond motifs is 1. The summed E-state index contributed by atoms with van der Waals surface area (Å²) in [4.78, 5) is 13.8. The van der Waals surface area contributed by atoms with E-state index in [1.165, 1.54) is 16.7 Å². The normalized spacial score (nSPS) is 26.5. The number of nitrogens with two attached hydrogens (primary N) is 1. The summed E-state index contributed by atoms with van der Waals surface area (Å²) in [6, 6.07) is 2.73. The van der Waals surface area contributed by atoms with E-state index in [0.717, 1.165) is 23.6 Å². The number of thiophene rings is 1. The average molecular weight is 304 g/mol. The molecule has 0 amide bonds. The van der Waals surface area contributed by atoms with E-state index in [2.05, 4.69) is 48.6 Å². The molecule has 2 aromatic rings. The van der Waals surface area contributed by atoms with Gasteiger partial charge in [-0.25, -0.2) is 4.98 Å². The van der Waals surface area contributed by atoms with Gasteiger partial charge in [0.15, 0.2) is 0 Å². The molecule has 114 valence electrons. The van der Waals surface area contributed by atoms with Crippen molar-refractivity contribution in [3.63, 3.8) is 0 Å². The SMILES string of the molecule is CCc1cc2c(N3CC(C)CC(C)C3C)nc(N)nc2s1. The molecule has 0 aliphatic carbocycles. The molecule has 21 heavy (non-hydrogen) atoms. The second-order valence-electron chi connectivity index (χ2n) is 6.40. The molecule has 3 heterocycles. The fraction of sp³-hybridized carbons (Fsp3) is 0.625. The van der Waals surface area contributed by atoms with E-state index in [-0.39, 0.29) is 0 Å². The van der Waals surface area contributed by atoms with Gasteiger partial charge in [-0.3, -0.25) is 0 Å². The highest BCUT2D eigenvalue weighted by Crippen LogP contribution is 2.37. The van der Waals surface area contributed by atoms with Crippen molar-refractivity contribution in [3.8, 4) is 0 Å². The van der Waals surface area contributed by atoms with Crippen molar-refractivity contribution in [1.82, 2.24) is 9.97 Å². The smallest absolute Gasteiger partial charge is 0.223 e. The Hall–Kier alpha value is -1.36. The fourth-order valence-electron chi connectivity index (χ4n) is 3.36. The third-order valence-electron chi connectivity index (χ3n) is 4.66. The van der Waals surface area contributed by atoms with E-state index in [9.17, 15) is 0 Å². The summed E-state index contributed by atoms with van der Waals surface area (Å²) in [7, 11) is 0. The summed E-state index contributed by atoms with van der Waals surface area (Å²) in [6.07, 6.45) is 2.31. The van der Waals surface area contributed by atoms with Crippen LogP contribution in [-0.2, 0) is 6.42 Å². The van der Waals surface area contributed by atoms with Gasteiger partial charge in [0.05, 0.1) is 5.39 Å². The summed E-state index contributed by atoms with van der Waals surface area (Å²) >= 11 is 1.73. The van der Waals surface area contributed by atoms with Crippen molar-refractivity contribution < 1.29 is 0 Å². The van der Waals surface area contributed by atoms with E-state index < -0.39 is 0 Å². The maximum absolute atomic E-state index is 5.95. The van der Waals surface area contributed by atoms with Gasteiger partial charge < -0.3 is 10.6 Å². The molecular formula is C16H24N4S. The minimum Gasteiger partial charge on any atom is -0.368 e. The highest BCUT2D eigenvalue weighted by Gasteiger charge is 2.31. The molecule has 3 rings (SSSR count). The molecule has 2 aromatic heterocycles. The van der Waals surface area contributed by atoms with Crippen LogP contribution < -0.4 is 10.6 Å². The molecular weight excluding hydrogens is 280 g/mol. The lowest BCUT2D eigenvalue weighted by Gasteiger charge is -2.42. The van der Waals surface area contributed by atoms with Crippen LogP contribution in [0, 0.1) is 11.8 Å². The molecule has 3 atom stereocenters. The second-order valence-corrected chi connectivity index (χ2v) is 7.52. The molecule has 0 radical (unpaired) electrons. The van der Waals surface area contributed by atoms with Crippen LogP contribution in [0.25, 0.3) is 10.2 Å². The fourth-order valence-corrected chi connectivity index (χ4v) is 4.33. The molecule has 2 N–H and O–H groups in total. The zero-order valence-electron chi connectivity index (χ0n) is 13.3. The standard InChI is InChI=1S/C16H24N4S/c1-5-12-7-13-14(18-16(17)19-15(13)21-12)20-8-9(2)6-10(3)11(20)4/h7,9-11H,5-6,8H2,1-4H3,(H2,17,18,19). The van der Waals surface area contributed by atoms with Crippen molar-refractivity contribution >= 4 is 33.3 Å². The maximum Gasteiger partial charge on any atom is 0.223 e. The lowest BCUT2D eigenvalue weighted by Crippen LogP contribution is -2.46. The zero-order valence-corrected chi connectivity index (χ0v) is 14.1. The first-order valence-electron chi connectivity index (χ1n) is 7.82. The van der Waals surface area contributed by atoms with Gasteiger partial charge in [-0.1, -0.05) is 20.8 Å². The Labute approximate surface area is 130 Å². The molecule has 1 fully saturated rings. The number of aromatic nitrogens is 2. The van der Waals surface area contributed by atoms with Gasteiger partial charge in [0, 0.05) is 17.5 Å². The predicted molar refractivity (Wildman–Crippen MR) is 91.0 cm³/mol. The lowest BCUT2D eigenvalue weighted by molar-refractivity contribution is 0.296. The number of nitrogen functional groups attached to an aromatic ring is 1. The third-order valence-corrected chi connectivity index (χ3v) is 5.83.